The van der Waals surface area contributed by atoms with E-state index in [2.05, 4.69) is 5.32 Å². The number of hydrogen-bond acceptors (Lipinski definition) is 5. The molecule has 0 bridgehead atoms. The van der Waals surface area contributed by atoms with E-state index in [1.54, 1.807) is 48.2 Å². The van der Waals surface area contributed by atoms with Crippen molar-refractivity contribution in [2.24, 2.45) is 0 Å². The van der Waals surface area contributed by atoms with Gasteiger partial charge in [-0.15, -0.1) is 0 Å². The molecule has 0 aliphatic heterocycles. The summed E-state index contributed by atoms with van der Waals surface area (Å²) in [5.74, 6) is -0.124. The van der Waals surface area contributed by atoms with Gasteiger partial charge in [-0.05, 0) is 61.7 Å². The number of anilines is 1. The van der Waals surface area contributed by atoms with Gasteiger partial charge in [-0.2, -0.15) is 0 Å². The van der Waals surface area contributed by atoms with E-state index in [0.29, 0.717) is 31.9 Å². The van der Waals surface area contributed by atoms with Gasteiger partial charge in [0.25, 0.3) is 0 Å². The highest BCUT2D eigenvalue weighted by atomic mass is 19.1. The Hall–Kier alpha value is -4.11. The van der Waals surface area contributed by atoms with Crippen molar-refractivity contribution in [2.45, 2.75) is 32.3 Å². The van der Waals surface area contributed by atoms with Crippen LogP contribution in [0.4, 0.5) is 14.9 Å². The van der Waals surface area contributed by atoms with Crippen molar-refractivity contribution < 1.29 is 33.3 Å². The molecule has 2 amide bonds. The second kappa shape index (κ2) is 16.0. The molecular weight excluding hydrogens is 503 g/mol. The molecule has 0 radical (unpaired) electrons. The van der Waals surface area contributed by atoms with Crippen LogP contribution in [0.2, 0.25) is 0 Å². The second-order valence-corrected chi connectivity index (χ2v) is 8.74. The third-order valence-electron chi connectivity index (χ3n) is 5.85. The lowest BCUT2D eigenvalue weighted by molar-refractivity contribution is -0.149. The van der Waals surface area contributed by atoms with Gasteiger partial charge in [0.05, 0.1) is 18.8 Å². The number of carboxylic acid groups (broad SMARTS) is 1. The summed E-state index contributed by atoms with van der Waals surface area (Å²) in [6.45, 7) is 3.54. The fourth-order valence-electron chi connectivity index (χ4n) is 3.81. The van der Waals surface area contributed by atoms with Gasteiger partial charge in [0.2, 0.25) is 0 Å². The third kappa shape index (κ3) is 10.3. The van der Waals surface area contributed by atoms with E-state index >= 15 is 0 Å². The Balaban J connectivity index is 1.51. The Morgan fingerprint density at radius 2 is 1.54 bits per heavy atom. The number of para-hydroxylation sites is 2. The van der Waals surface area contributed by atoms with E-state index in [1.807, 2.05) is 30.3 Å². The molecule has 1 unspecified atom stereocenters. The zero-order valence-electron chi connectivity index (χ0n) is 22.1. The number of amides is 2. The Labute approximate surface area is 228 Å². The monoisotopic (exact) mass is 538 g/mol. The first-order valence-corrected chi connectivity index (χ1v) is 13.0. The second-order valence-electron chi connectivity index (χ2n) is 8.74. The number of benzene rings is 3. The first kappa shape index (κ1) is 29.4. The molecule has 39 heavy (non-hydrogen) atoms. The summed E-state index contributed by atoms with van der Waals surface area (Å²) < 4.78 is 30.9. The molecule has 3 aromatic carbocycles. The van der Waals surface area contributed by atoms with E-state index in [1.165, 1.54) is 12.1 Å². The fraction of sp³-hybridized carbons (Fsp3) is 0.333. The van der Waals surface area contributed by atoms with Gasteiger partial charge in [-0.1, -0.05) is 42.5 Å². The molecule has 0 aromatic heterocycles. The van der Waals surface area contributed by atoms with Gasteiger partial charge in [-0.3, -0.25) is 0 Å². The first-order valence-electron chi connectivity index (χ1n) is 13.0. The number of halogens is 1. The molecule has 0 aliphatic carbocycles. The number of nitrogens with zero attached hydrogens (tertiary/aromatic N) is 1. The van der Waals surface area contributed by atoms with Crippen LogP contribution in [0.5, 0.6) is 11.5 Å². The van der Waals surface area contributed by atoms with Crippen molar-refractivity contribution in [3.05, 3.63) is 90.2 Å². The topological polar surface area (TPSA) is 97.3 Å². The van der Waals surface area contributed by atoms with Crippen LogP contribution in [0.1, 0.15) is 25.3 Å². The molecule has 0 heterocycles. The highest BCUT2D eigenvalue weighted by molar-refractivity contribution is 5.89. The quantitative estimate of drug-likeness (QED) is 0.230. The summed E-state index contributed by atoms with van der Waals surface area (Å²) in [4.78, 5) is 25.9. The van der Waals surface area contributed by atoms with Crippen LogP contribution in [-0.4, -0.2) is 61.0 Å². The van der Waals surface area contributed by atoms with E-state index in [4.69, 9.17) is 14.2 Å². The van der Waals surface area contributed by atoms with Crippen molar-refractivity contribution in [3.63, 3.8) is 0 Å². The molecule has 8 nitrogen and oxygen atoms in total. The van der Waals surface area contributed by atoms with Gasteiger partial charge in [0.1, 0.15) is 23.9 Å². The highest BCUT2D eigenvalue weighted by Crippen LogP contribution is 2.16. The lowest BCUT2D eigenvalue weighted by atomic mass is 10.1. The molecule has 0 saturated carbocycles. The summed E-state index contributed by atoms with van der Waals surface area (Å²) in [6, 6.07) is 22.2. The minimum atomic E-state index is -1.00. The smallest absolute Gasteiger partial charge is 0.333 e. The maximum Gasteiger partial charge on any atom is 0.333 e. The number of carbonyl (C=O) groups is 2. The number of urea groups is 1. The number of hydrogen-bond donors (Lipinski definition) is 2. The number of ether oxygens (including phenoxy) is 3. The van der Waals surface area contributed by atoms with Crippen molar-refractivity contribution in [3.8, 4) is 11.5 Å². The maximum absolute atomic E-state index is 14.1. The summed E-state index contributed by atoms with van der Waals surface area (Å²) in [5.41, 5.74) is 0.926. The zero-order valence-corrected chi connectivity index (χ0v) is 22.1. The first-order chi connectivity index (χ1) is 19.0. The predicted octanol–water partition coefficient (Wildman–Crippen LogP) is 5.63. The molecule has 0 aliphatic rings. The zero-order chi connectivity index (χ0) is 27.9. The summed E-state index contributed by atoms with van der Waals surface area (Å²) in [7, 11) is 0. The Bertz CT molecular complexity index is 1160. The standard InChI is InChI=1S/C30H35FN2O6/c1-2-37-28(29(34)35)22-23-14-16-25(17-15-23)39-21-19-33(30(36)32-27-13-7-6-12-26(27)31)18-8-9-20-38-24-10-4-3-5-11-24/h3-7,10-17,28H,2,8-9,18-22H2,1H3,(H,32,36)(H,34,35). The molecule has 3 rings (SSSR count). The molecule has 0 spiro atoms. The van der Waals surface area contributed by atoms with E-state index in [-0.39, 0.29) is 25.3 Å². The molecule has 0 saturated heterocycles. The van der Waals surface area contributed by atoms with Crippen molar-refractivity contribution >= 4 is 17.7 Å². The number of carbonyl (C=O) groups excluding carboxylic acids is 1. The van der Waals surface area contributed by atoms with Crippen LogP contribution in [0.25, 0.3) is 0 Å². The fourth-order valence-corrected chi connectivity index (χ4v) is 3.81. The number of unbranched alkanes of at least 4 members (excludes halogenated alkanes) is 1. The SMILES string of the molecule is CCOC(Cc1ccc(OCCN(CCCCOc2ccccc2)C(=O)Nc2ccccc2F)cc1)C(=O)O. The molecule has 0 fully saturated rings. The predicted molar refractivity (Wildman–Crippen MR) is 147 cm³/mol. The Kier molecular flexibility index (Phi) is 12.1. The maximum atomic E-state index is 14.1. The van der Waals surface area contributed by atoms with E-state index < -0.39 is 23.9 Å². The van der Waals surface area contributed by atoms with Crippen LogP contribution >= 0.6 is 0 Å². The number of nitrogens with one attached hydrogen (secondary N) is 1. The molecule has 9 heteroatoms. The average molecular weight is 539 g/mol. The van der Waals surface area contributed by atoms with Gasteiger partial charge < -0.3 is 29.5 Å². The lowest BCUT2D eigenvalue weighted by Crippen LogP contribution is -2.38. The van der Waals surface area contributed by atoms with E-state index in [0.717, 1.165) is 17.7 Å². The Morgan fingerprint density at radius 1 is 0.872 bits per heavy atom. The van der Waals surface area contributed by atoms with Crippen LogP contribution in [0, 0.1) is 5.82 Å². The van der Waals surface area contributed by atoms with Gasteiger partial charge >= 0.3 is 12.0 Å². The molecule has 3 aromatic rings. The van der Waals surface area contributed by atoms with Crippen LogP contribution < -0.4 is 14.8 Å². The number of carboxylic acids is 1. The van der Waals surface area contributed by atoms with Crippen LogP contribution in [-0.2, 0) is 16.0 Å². The van der Waals surface area contributed by atoms with Crippen molar-refractivity contribution in [1.82, 2.24) is 4.90 Å². The van der Waals surface area contributed by atoms with Gasteiger partial charge in [0.15, 0.2) is 6.10 Å². The summed E-state index contributed by atoms with van der Waals surface area (Å²) in [5, 5.41) is 11.9. The molecule has 208 valence electrons. The molecule has 2 N–H and O–H groups in total. The van der Waals surface area contributed by atoms with Gasteiger partial charge in [-0.25, -0.2) is 14.0 Å². The van der Waals surface area contributed by atoms with E-state index in [9.17, 15) is 19.1 Å². The normalized spacial score (nSPS) is 11.4. The van der Waals surface area contributed by atoms with Crippen molar-refractivity contribution in [2.75, 3.05) is 38.2 Å². The minimum Gasteiger partial charge on any atom is -0.494 e. The average Bonchev–Trinajstić information content (AvgIpc) is 2.94. The third-order valence-corrected chi connectivity index (χ3v) is 5.85. The largest absolute Gasteiger partial charge is 0.494 e. The highest BCUT2D eigenvalue weighted by Gasteiger charge is 2.18. The molecular formula is C30H35FN2O6. The molecule has 1 atom stereocenters. The lowest BCUT2D eigenvalue weighted by Gasteiger charge is -2.23. The Morgan fingerprint density at radius 3 is 2.23 bits per heavy atom. The van der Waals surface area contributed by atoms with Gasteiger partial charge in [0, 0.05) is 19.6 Å². The van der Waals surface area contributed by atoms with Crippen molar-refractivity contribution in [1.29, 1.82) is 0 Å². The summed E-state index contributed by atoms with van der Waals surface area (Å²) in [6.07, 6.45) is 0.777. The number of aliphatic carboxylic acids is 1. The minimum absolute atomic E-state index is 0.114. The number of rotatable bonds is 16. The van der Waals surface area contributed by atoms with Crippen LogP contribution in [0.3, 0.4) is 0 Å². The summed E-state index contributed by atoms with van der Waals surface area (Å²) >= 11 is 0. The van der Waals surface area contributed by atoms with Crippen LogP contribution in [0.15, 0.2) is 78.9 Å².